The molecule has 0 saturated heterocycles. The highest BCUT2D eigenvalue weighted by Gasteiger charge is 2.32. The molecule has 1 aliphatic carbocycles. The maximum atomic E-state index is 13.1. The minimum atomic E-state index is -1.17. The third kappa shape index (κ3) is 3.63. The zero-order valence-corrected chi connectivity index (χ0v) is 18.1. The second kappa shape index (κ2) is 8.37. The zero-order valence-electron chi connectivity index (χ0n) is 18.1. The number of fused-ring (bicyclic) bond motifs is 3. The van der Waals surface area contributed by atoms with Crippen molar-refractivity contribution in [2.45, 2.75) is 13.0 Å². The van der Waals surface area contributed by atoms with Gasteiger partial charge in [-0.3, -0.25) is 14.4 Å². The van der Waals surface area contributed by atoms with Gasteiger partial charge in [-0.25, -0.2) is 9.78 Å². The van der Waals surface area contributed by atoms with Crippen LogP contribution in [0.5, 0.6) is 0 Å². The fraction of sp³-hybridized carbons (Fsp3) is 0.0741. The predicted octanol–water partition coefficient (Wildman–Crippen LogP) is 4.19. The predicted molar refractivity (Wildman–Crippen MR) is 125 cm³/mol. The number of ketones is 2. The number of aromatic nitrogens is 1. The minimum Gasteiger partial charge on any atom is -0.448 e. The van der Waals surface area contributed by atoms with Crippen molar-refractivity contribution >= 4 is 40.0 Å². The number of nitrogens with zero attached hydrogens (tertiary/aromatic N) is 1. The first-order valence-corrected chi connectivity index (χ1v) is 10.6. The number of para-hydroxylation sites is 1. The molecule has 1 aliphatic rings. The summed E-state index contributed by atoms with van der Waals surface area (Å²) < 4.78 is 5.30. The average Bonchev–Trinajstić information content (AvgIpc) is 2.86. The lowest BCUT2D eigenvalue weighted by Crippen LogP contribution is -2.31. The van der Waals surface area contributed by atoms with Crippen LogP contribution in [-0.4, -0.2) is 34.5 Å². The summed E-state index contributed by atoms with van der Waals surface area (Å²) in [5, 5.41) is 3.50. The first-order chi connectivity index (χ1) is 16.4. The Hall–Kier alpha value is -4.65. The number of anilines is 1. The van der Waals surface area contributed by atoms with Gasteiger partial charge in [-0.05, 0) is 25.1 Å². The van der Waals surface area contributed by atoms with Crippen LogP contribution >= 0.6 is 0 Å². The highest BCUT2D eigenvalue weighted by molar-refractivity contribution is 6.30. The van der Waals surface area contributed by atoms with Gasteiger partial charge in [-0.2, -0.15) is 0 Å². The minimum absolute atomic E-state index is 0.0767. The molecule has 166 valence electrons. The first kappa shape index (κ1) is 21.2. The number of carbonyl (C=O) groups is 4. The van der Waals surface area contributed by atoms with Crippen LogP contribution in [0, 0.1) is 0 Å². The fourth-order valence-corrected chi connectivity index (χ4v) is 3.94. The van der Waals surface area contributed by atoms with Gasteiger partial charge in [0.2, 0.25) is 0 Å². The number of nitrogens with one attached hydrogen (secondary N) is 1. The van der Waals surface area contributed by atoms with Crippen molar-refractivity contribution in [2.24, 2.45) is 0 Å². The van der Waals surface area contributed by atoms with Gasteiger partial charge in [0.05, 0.1) is 16.8 Å². The monoisotopic (exact) mass is 450 g/mol. The molecule has 4 aromatic rings. The Morgan fingerprint density at radius 3 is 2.26 bits per heavy atom. The largest absolute Gasteiger partial charge is 0.448 e. The van der Waals surface area contributed by atoms with Crippen molar-refractivity contribution in [2.75, 3.05) is 5.32 Å². The van der Waals surface area contributed by atoms with E-state index in [0.29, 0.717) is 11.1 Å². The molecule has 1 atom stereocenters. The normalized spacial score (nSPS) is 13.1. The number of hydrogen-bond acceptors (Lipinski definition) is 6. The smallest absolute Gasteiger partial charge is 0.357 e. The zero-order chi connectivity index (χ0) is 23.8. The van der Waals surface area contributed by atoms with Gasteiger partial charge >= 0.3 is 5.97 Å². The average molecular weight is 450 g/mol. The second-order valence-corrected chi connectivity index (χ2v) is 7.86. The van der Waals surface area contributed by atoms with Crippen LogP contribution in [0.4, 0.5) is 5.69 Å². The van der Waals surface area contributed by atoms with Gasteiger partial charge < -0.3 is 10.1 Å². The van der Waals surface area contributed by atoms with E-state index in [0.717, 1.165) is 5.39 Å². The number of ether oxygens (including phenoxy) is 1. The molecule has 0 aliphatic heterocycles. The summed E-state index contributed by atoms with van der Waals surface area (Å²) in [6.07, 6.45) is -1.17. The molecule has 1 aromatic heterocycles. The van der Waals surface area contributed by atoms with Crippen LogP contribution in [0.1, 0.15) is 49.3 Å². The van der Waals surface area contributed by atoms with Gasteiger partial charge in [0.1, 0.15) is 5.69 Å². The molecule has 0 bridgehead atoms. The van der Waals surface area contributed by atoms with E-state index < -0.39 is 18.0 Å². The van der Waals surface area contributed by atoms with Crippen LogP contribution in [0.3, 0.4) is 0 Å². The number of pyridine rings is 1. The van der Waals surface area contributed by atoms with Crippen LogP contribution in [0.2, 0.25) is 0 Å². The van der Waals surface area contributed by atoms with E-state index >= 15 is 0 Å². The van der Waals surface area contributed by atoms with Crippen LogP contribution < -0.4 is 5.32 Å². The summed E-state index contributed by atoms with van der Waals surface area (Å²) in [6, 6.07) is 21.8. The van der Waals surface area contributed by atoms with Crippen LogP contribution in [-0.2, 0) is 9.53 Å². The molecular formula is C27H18N2O5. The third-order valence-corrected chi connectivity index (χ3v) is 5.67. The summed E-state index contributed by atoms with van der Waals surface area (Å²) in [6.45, 7) is 1.42. The van der Waals surface area contributed by atoms with Crippen molar-refractivity contribution in [1.29, 1.82) is 0 Å². The first-order valence-electron chi connectivity index (χ1n) is 10.6. The molecule has 0 saturated carbocycles. The molecule has 1 N–H and O–H groups in total. The molecule has 0 fully saturated rings. The molecule has 1 amide bonds. The lowest BCUT2D eigenvalue weighted by Gasteiger charge is -2.21. The van der Waals surface area contributed by atoms with Crippen molar-refractivity contribution in [1.82, 2.24) is 4.98 Å². The van der Waals surface area contributed by atoms with E-state index in [1.807, 2.05) is 18.2 Å². The maximum Gasteiger partial charge on any atom is 0.357 e. The van der Waals surface area contributed by atoms with Gasteiger partial charge in [-0.15, -0.1) is 0 Å². The summed E-state index contributed by atoms with van der Waals surface area (Å²) in [4.78, 5) is 55.6. The van der Waals surface area contributed by atoms with Gasteiger partial charge in [-0.1, -0.05) is 60.7 Å². The quantitative estimate of drug-likeness (QED) is 0.412. The molecule has 5 rings (SSSR count). The third-order valence-electron chi connectivity index (χ3n) is 5.67. The number of amides is 1. The van der Waals surface area contributed by atoms with E-state index in [1.54, 1.807) is 48.5 Å². The number of esters is 1. The summed E-state index contributed by atoms with van der Waals surface area (Å²) in [5.74, 6) is -2.03. The van der Waals surface area contributed by atoms with Crippen LogP contribution in [0.15, 0.2) is 78.9 Å². The Balaban J connectivity index is 1.36. The molecule has 0 spiro atoms. The Kier molecular flexibility index (Phi) is 5.22. The van der Waals surface area contributed by atoms with Gasteiger partial charge in [0.15, 0.2) is 17.7 Å². The summed E-state index contributed by atoms with van der Waals surface area (Å²) in [7, 11) is 0. The molecular weight excluding hydrogens is 432 g/mol. The molecule has 7 nitrogen and oxygen atoms in total. The Bertz CT molecular complexity index is 1510. The topological polar surface area (TPSA) is 102 Å². The highest BCUT2D eigenvalue weighted by atomic mass is 16.5. The van der Waals surface area contributed by atoms with E-state index in [-0.39, 0.29) is 39.6 Å². The van der Waals surface area contributed by atoms with Crippen molar-refractivity contribution in [3.8, 4) is 0 Å². The second-order valence-electron chi connectivity index (χ2n) is 7.86. The lowest BCUT2D eigenvalue weighted by atomic mass is 9.83. The highest BCUT2D eigenvalue weighted by Crippen LogP contribution is 2.32. The number of hydrogen-bond donors (Lipinski definition) is 1. The Morgan fingerprint density at radius 2 is 1.47 bits per heavy atom. The number of carbonyl (C=O) groups excluding carboxylic acids is 4. The summed E-state index contributed by atoms with van der Waals surface area (Å²) >= 11 is 0. The fourth-order valence-electron chi connectivity index (χ4n) is 3.94. The standard InChI is InChI=1S/C27H18N2O5/c1-15(34-27(33)22-14-13-16-7-2-5-11-20(16)28-22)26(32)29-21-12-6-10-19-23(21)25(31)18-9-4-3-8-17(18)24(19)30/h2-15H,1H3,(H,29,32). The van der Waals surface area contributed by atoms with Crippen LogP contribution in [0.25, 0.3) is 10.9 Å². The Labute approximate surface area is 194 Å². The lowest BCUT2D eigenvalue weighted by molar-refractivity contribution is -0.123. The molecule has 1 unspecified atom stereocenters. The summed E-state index contributed by atoms with van der Waals surface area (Å²) in [5.41, 5.74) is 1.83. The molecule has 1 heterocycles. The van der Waals surface area contributed by atoms with E-state index in [2.05, 4.69) is 10.3 Å². The molecule has 0 radical (unpaired) electrons. The maximum absolute atomic E-state index is 13.1. The van der Waals surface area contributed by atoms with Crippen molar-refractivity contribution in [3.63, 3.8) is 0 Å². The molecule has 3 aromatic carbocycles. The van der Waals surface area contributed by atoms with E-state index in [1.165, 1.54) is 19.1 Å². The van der Waals surface area contributed by atoms with Crippen molar-refractivity contribution in [3.05, 3.63) is 107 Å². The molecule has 34 heavy (non-hydrogen) atoms. The van der Waals surface area contributed by atoms with Gasteiger partial charge in [0, 0.05) is 22.1 Å². The molecule has 7 heteroatoms. The number of rotatable bonds is 4. The van der Waals surface area contributed by atoms with E-state index in [9.17, 15) is 19.2 Å². The van der Waals surface area contributed by atoms with Crippen molar-refractivity contribution < 1.29 is 23.9 Å². The van der Waals surface area contributed by atoms with Gasteiger partial charge in [0.25, 0.3) is 5.91 Å². The Morgan fingerprint density at radius 1 is 0.794 bits per heavy atom. The van der Waals surface area contributed by atoms with E-state index in [4.69, 9.17) is 4.74 Å². The SMILES string of the molecule is CC(OC(=O)c1ccc2ccccc2n1)C(=O)Nc1cccc2c1C(=O)c1ccccc1C2=O. The number of benzene rings is 3.